The van der Waals surface area contributed by atoms with Crippen molar-refractivity contribution in [2.45, 2.75) is 0 Å². The molecule has 0 heterocycles. The molecule has 2 aromatic carbocycles. The first-order chi connectivity index (χ1) is 8.97. The molecule has 0 saturated carbocycles. The lowest BCUT2D eigenvalue weighted by Gasteiger charge is -2.08. The van der Waals surface area contributed by atoms with E-state index in [1.54, 1.807) is 0 Å². The Kier molecular flexibility index (Phi) is 3.48. The van der Waals surface area contributed by atoms with Crippen molar-refractivity contribution in [1.29, 1.82) is 0 Å². The van der Waals surface area contributed by atoms with Gasteiger partial charge >= 0.3 is 0 Å². The van der Waals surface area contributed by atoms with Crippen LogP contribution in [0.15, 0.2) is 36.4 Å². The highest BCUT2D eigenvalue weighted by Gasteiger charge is 2.13. The summed E-state index contributed by atoms with van der Waals surface area (Å²) in [5.74, 6) is -1.08. The molecule has 2 rings (SSSR count). The number of anilines is 1. The third-order valence-corrected chi connectivity index (χ3v) is 2.74. The largest absolute Gasteiger partial charge is 0.508 e. The van der Waals surface area contributed by atoms with E-state index >= 15 is 0 Å². The van der Waals surface area contributed by atoms with Gasteiger partial charge in [0.05, 0.1) is 16.3 Å². The van der Waals surface area contributed by atoms with Gasteiger partial charge in [0.25, 0.3) is 5.91 Å². The predicted octanol–water partition coefficient (Wildman–Crippen LogP) is 2.71. The molecule has 1 amide bonds. The molecule has 0 spiro atoms. The lowest BCUT2D eigenvalue weighted by Crippen LogP contribution is -2.12. The summed E-state index contributed by atoms with van der Waals surface area (Å²) in [4.78, 5) is 11.9. The van der Waals surface area contributed by atoms with Crippen LogP contribution < -0.4 is 5.32 Å². The van der Waals surface area contributed by atoms with Crippen LogP contribution in [0.25, 0.3) is 0 Å². The first-order valence-corrected chi connectivity index (χ1v) is 5.67. The Bertz CT molecular complexity index is 643. The summed E-state index contributed by atoms with van der Waals surface area (Å²) in [6.07, 6.45) is 0. The summed E-state index contributed by atoms with van der Waals surface area (Å²) < 4.78 is 0. The van der Waals surface area contributed by atoms with E-state index < -0.39 is 5.91 Å². The van der Waals surface area contributed by atoms with Crippen LogP contribution in [0.3, 0.4) is 0 Å². The number of halogens is 1. The minimum atomic E-state index is -0.579. The highest BCUT2D eigenvalue weighted by atomic mass is 35.5. The van der Waals surface area contributed by atoms with Crippen molar-refractivity contribution in [1.82, 2.24) is 0 Å². The van der Waals surface area contributed by atoms with Crippen LogP contribution in [0.1, 0.15) is 10.4 Å². The van der Waals surface area contributed by atoms with E-state index in [2.05, 4.69) is 5.32 Å². The number of aromatic hydroxyl groups is 3. The number of hydrogen-bond donors (Lipinski definition) is 4. The summed E-state index contributed by atoms with van der Waals surface area (Å²) in [6.45, 7) is 0. The molecular formula is C13H10ClNO4. The smallest absolute Gasteiger partial charge is 0.259 e. The first kappa shape index (κ1) is 13.0. The van der Waals surface area contributed by atoms with Gasteiger partial charge in [0, 0.05) is 12.1 Å². The van der Waals surface area contributed by atoms with Gasteiger partial charge in [0.2, 0.25) is 0 Å². The van der Waals surface area contributed by atoms with Gasteiger partial charge in [0.1, 0.15) is 17.2 Å². The predicted molar refractivity (Wildman–Crippen MR) is 70.8 cm³/mol. The normalized spacial score (nSPS) is 10.2. The van der Waals surface area contributed by atoms with Gasteiger partial charge < -0.3 is 20.6 Å². The number of phenolic OH excluding ortho intramolecular Hbond substituents is 3. The fourth-order valence-corrected chi connectivity index (χ4v) is 1.73. The van der Waals surface area contributed by atoms with E-state index in [4.69, 9.17) is 16.7 Å². The Hall–Kier alpha value is -2.40. The summed E-state index contributed by atoms with van der Waals surface area (Å²) in [5, 5.41) is 30.6. The molecule has 5 nitrogen and oxygen atoms in total. The number of carbonyl (C=O) groups is 1. The Balaban J connectivity index is 2.25. The molecule has 0 bridgehead atoms. The van der Waals surface area contributed by atoms with Crippen LogP contribution in [0.2, 0.25) is 5.02 Å². The first-order valence-electron chi connectivity index (χ1n) is 5.29. The zero-order chi connectivity index (χ0) is 14.0. The zero-order valence-electron chi connectivity index (χ0n) is 9.59. The quantitative estimate of drug-likeness (QED) is 0.636. The molecule has 0 fully saturated rings. The van der Waals surface area contributed by atoms with Gasteiger partial charge in [-0.25, -0.2) is 0 Å². The summed E-state index contributed by atoms with van der Waals surface area (Å²) in [6, 6.07) is 7.73. The van der Waals surface area contributed by atoms with Crippen LogP contribution in [-0.2, 0) is 0 Å². The van der Waals surface area contributed by atoms with Gasteiger partial charge in [-0.1, -0.05) is 11.6 Å². The SMILES string of the molecule is O=C(Nc1ccc(O)cc1Cl)c1ccc(O)cc1O. The van der Waals surface area contributed by atoms with Crippen molar-refractivity contribution >= 4 is 23.2 Å². The van der Waals surface area contributed by atoms with Crippen LogP contribution in [-0.4, -0.2) is 21.2 Å². The monoisotopic (exact) mass is 279 g/mol. The average molecular weight is 280 g/mol. The molecule has 0 radical (unpaired) electrons. The minimum absolute atomic E-state index is 0.00180. The van der Waals surface area contributed by atoms with Crippen molar-refractivity contribution < 1.29 is 20.1 Å². The maximum absolute atomic E-state index is 11.9. The highest BCUT2D eigenvalue weighted by molar-refractivity contribution is 6.34. The number of hydrogen-bond acceptors (Lipinski definition) is 4. The van der Waals surface area contributed by atoms with E-state index in [-0.39, 0.29) is 27.8 Å². The summed E-state index contributed by atoms with van der Waals surface area (Å²) >= 11 is 5.85. The van der Waals surface area contributed by atoms with Crippen molar-refractivity contribution in [3.05, 3.63) is 47.0 Å². The maximum atomic E-state index is 11.9. The molecule has 2 aromatic rings. The summed E-state index contributed by atoms with van der Waals surface area (Å²) in [7, 11) is 0. The molecule has 0 aromatic heterocycles. The maximum Gasteiger partial charge on any atom is 0.259 e. The van der Waals surface area contributed by atoms with Crippen LogP contribution in [0.4, 0.5) is 5.69 Å². The fraction of sp³-hybridized carbons (Fsp3) is 0. The van der Waals surface area contributed by atoms with Crippen molar-refractivity contribution in [2.75, 3.05) is 5.32 Å². The number of benzene rings is 2. The molecule has 6 heteroatoms. The standard InChI is InChI=1S/C13H10ClNO4/c14-10-5-7(16)2-4-11(10)15-13(19)9-3-1-8(17)6-12(9)18/h1-6,16-18H,(H,15,19). The van der Waals surface area contributed by atoms with Crippen LogP contribution in [0, 0.1) is 0 Å². The third-order valence-electron chi connectivity index (χ3n) is 2.43. The van der Waals surface area contributed by atoms with E-state index in [1.807, 2.05) is 0 Å². The van der Waals surface area contributed by atoms with Crippen LogP contribution in [0.5, 0.6) is 17.2 Å². The molecular weight excluding hydrogens is 270 g/mol. The molecule has 0 saturated heterocycles. The second-order valence-electron chi connectivity index (χ2n) is 3.82. The Labute approximate surface area is 113 Å². The molecule has 0 aliphatic heterocycles. The second-order valence-corrected chi connectivity index (χ2v) is 4.23. The van der Waals surface area contributed by atoms with Gasteiger partial charge in [-0.15, -0.1) is 0 Å². The molecule has 0 atom stereocenters. The Morgan fingerprint density at radius 2 is 1.63 bits per heavy atom. The molecule has 0 aliphatic rings. The lowest BCUT2D eigenvalue weighted by molar-refractivity contribution is 0.102. The molecule has 0 unspecified atom stereocenters. The minimum Gasteiger partial charge on any atom is -0.508 e. The number of amides is 1. The Morgan fingerprint density at radius 1 is 1.00 bits per heavy atom. The number of carbonyl (C=O) groups excluding carboxylic acids is 1. The fourth-order valence-electron chi connectivity index (χ4n) is 1.51. The van der Waals surface area contributed by atoms with Gasteiger partial charge in [0.15, 0.2) is 0 Å². The van der Waals surface area contributed by atoms with Gasteiger partial charge in [-0.05, 0) is 24.3 Å². The molecule has 19 heavy (non-hydrogen) atoms. The Morgan fingerprint density at radius 3 is 2.26 bits per heavy atom. The van der Waals surface area contributed by atoms with Crippen molar-refractivity contribution in [3.63, 3.8) is 0 Å². The van der Waals surface area contributed by atoms with Gasteiger partial charge in [-0.2, -0.15) is 0 Å². The number of phenols is 3. The third kappa shape index (κ3) is 2.89. The number of nitrogens with one attached hydrogen (secondary N) is 1. The number of rotatable bonds is 2. The van der Waals surface area contributed by atoms with E-state index in [0.717, 1.165) is 6.07 Å². The second kappa shape index (κ2) is 5.07. The topological polar surface area (TPSA) is 89.8 Å². The van der Waals surface area contributed by atoms with Crippen molar-refractivity contribution in [2.24, 2.45) is 0 Å². The van der Waals surface area contributed by atoms with E-state index in [0.29, 0.717) is 5.69 Å². The molecule has 0 aliphatic carbocycles. The van der Waals surface area contributed by atoms with Gasteiger partial charge in [-0.3, -0.25) is 4.79 Å². The van der Waals surface area contributed by atoms with Crippen LogP contribution >= 0.6 is 11.6 Å². The molecule has 4 N–H and O–H groups in total. The van der Waals surface area contributed by atoms with E-state index in [9.17, 15) is 15.0 Å². The summed E-state index contributed by atoms with van der Waals surface area (Å²) in [5.41, 5.74) is 0.305. The van der Waals surface area contributed by atoms with Crippen molar-refractivity contribution in [3.8, 4) is 17.2 Å². The lowest BCUT2D eigenvalue weighted by atomic mass is 10.1. The average Bonchev–Trinajstić information content (AvgIpc) is 2.32. The van der Waals surface area contributed by atoms with E-state index in [1.165, 1.54) is 30.3 Å². The highest BCUT2D eigenvalue weighted by Crippen LogP contribution is 2.28. The molecule has 98 valence electrons. The zero-order valence-corrected chi connectivity index (χ0v) is 10.3.